The third-order valence-electron chi connectivity index (χ3n) is 2.75. The van der Waals surface area contributed by atoms with Crippen molar-refractivity contribution in [2.24, 2.45) is 0 Å². The molecule has 1 aromatic carbocycles. The van der Waals surface area contributed by atoms with Gasteiger partial charge < -0.3 is 14.6 Å². The van der Waals surface area contributed by atoms with Crippen molar-refractivity contribution in [3.8, 4) is 5.75 Å². The smallest absolute Gasteiger partial charge is 0.127 e. The third kappa shape index (κ3) is 2.51. The molecule has 16 heavy (non-hydrogen) atoms. The molecule has 0 aliphatic rings. The van der Waals surface area contributed by atoms with Gasteiger partial charge in [0.25, 0.3) is 0 Å². The summed E-state index contributed by atoms with van der Waals surface area (Å²) < 4.78 is 23.7. The van der Waals surface area contributed by atoms with Gasteiger partial charge in [-0.05, 0) is 24.1 Å². The second-order valence-electron chi connectivity index (χ2n) is 3.68. The number of ether oxygens (including phenoxy) is 2. The van der Waals surface area contributed by atoms with Crippen LogP contribution in [0.3, 0.4) is 0 Å². The molecule has 0 spiro atoms. The van der Waals surface area contributed by atoms with Crippen LogP contribution in [0.4, 0.5) is 4.39 Å². The number of benzene rings is 1. The molecule has 1 aromatic rings. The van der Waals surface area contributed by atoms with Crippen LogP contribution in [0.5, 0.6) is 5.75 Å². The highest BCUT2D eigenvalue weighted by Crippen LogP contribution is 2.31. The van der Waals surface area contributed by atoms with E-state index in [4.69, 9.17) is 9.47 Å². The first-order valence-corrected chi connectivity index (χ1v) is 5.12. The van der Waals surface area contributed by atoms with Crippen LogP contribution in [-0.4, -0.2) is 25.9 Å². The lowest BCUT2D eigenvalue weighted by Crippen LogP contribution is -2.33. The van der Waals surface area contributed by atoms with E-state index in [9.17, 15) is 9.50 Å². The molecular weight excluding hydrogens is 211 g/mol. The number of phenols is 1. The van der Waals surface area contributed by atoms with Crippen LogP contribution >= 0.6 is 0 Å². The SMILES string of the molecule is CCC(COC)(OC)c1cc(O)cc(F)c1. The predicted octanol–water partition coefficient (Wildman–Crippen LogP) is 2.43. The molecule has 3 nitrogen and oxygen atoms in total. The van der Waals surface area contributed by atoms with Gasteiger partial charge in [0, 0.05) is 20.3 Å². The lowest BCUT2D eigenvalue weighted by Gasteiger charge is -2.31. The van der Waals surface area contributed by atoms with Crippen LogP contribution < -0.4 is 0 Å². The molecule has 1 rings (SSSR count). The molecule has 0 saturated heterocycles. The maximum atomic E-state index is 13.2. The molecule has 0 radical (unpaired) electrons. The molecule has 0 heterocycles. The summed E-state index contributed by atoms with van der Waals surface area (Å²) in [5.41, 5.74) is -0.134. The van der Waals surface area contributed by atoms with Gasteiger partial charge >= 0.3 is 0 Å². The molecule has 0 bridgehead atoms. The monoisotopic (exact) mass is 228 g/mol. The second-order valence-corrected chi connectivity index (χ2v) is 3.68. The molecule has 1 unspecified atom stereocenters. The number of hydrogen-bond acceptors (Lipinski definition) is 3. The standard InChI is InChI=1S/C12H17FO3/c1-4-12(16-3,8-15-2)9-5-10(13)7-11(14)6-9/h5-7,14H,4,8H2,1-3H3. The van der Waals surface area contributed by atoms with E-state index in [-0.39, 0.29) is 5.75 Å². The zero-order valence-corrected chi connectivity index (χ0v) is 9.79. The fraction of sp³-hybridized carbons (Fsp3) is 0.500. The number of hydrogen-bond donors (Lipinski definition) is 1. The molecule has 1 atom stereocenters. The van der Waals surface area contributed by atoms with Crippen LogP contribution in [0.25, 0.3) is 0 Å². The zero-order chi connectivity index (χ0) is 12.2. The van der Waals surface area contributed by atoms with Crippen molar-refractivity contribution in [3.05, 3.63) is 29.6 Å². The van der Waals surface area contributed by atoms with E-state index < -0.39 is 11.4 Å². The van der Waals surface area contributed by atoms with Crippen LogP contribution in [0, 0.1) is 5.82 Å². The molecule has 0 fully saturated rings. The van der Waals surface area contributed by atoms with E-state index in [1.54, 1.807) is 14.2 Å². The Bertz CT molecular complexity index is 328. The van der Waals surface area contributed by atoms with E-state index in [0.717, 1.165) is 6.07 Å². The van der Waals surface area contributed by atoms with Crippen LogP contribution in [-0.2, 0) is 15.1 Å². The lowest BCUT2D eigenvalue weighted by molar-refractivity contribution is -0.0722. The van der Waals surface area contributed by atoms with Crippen LogP contribution in [0.1, 0.15) is 18.9 Å². The van der Waals surface area contributed by atoms with E-state index in [0.29, 0.717) is 18.6 Å². The highest BCUT2D eigenvalue weighted by molar-refractivity contribution is 5.32. The Balaban J connectivity index is 3.19. The third-order valence-corrected chi connectivity index (χ3v) is 2.75. The highest BCUT2D eigenvalue weighted by Gasteiger charge is 2.31. The number of rotatable bonds is 5. The fourth-order valence-electron chi connectivity index (χ4n) is 1.78. The minimum atomic E-state index is -0.714. The fourth-order valence-corrected chi connectivity index (χ4v) is 1.78. The number of methoxy groups -OCH3 is 2. The number of aromatic hydroxyl groups is 1. The van der Waals surface area contributed by atoms with Gasteiger partial charge in [-0.2, -0.15) is 0 Å². The molecule has 90 valence electrons. The Kier molecular flexibility index (Phi) is 4.26. The summed E-state index contributed by atoms with van der Waals surface area (Å²) in [7, 11) is 3.10. The van der Waals surface area contributed by atoms with Crippen molar-refractivity contribution in [1.29, 1.82) is 0 Å². The summed E-state index contributed by atoms with van der Waals surface area (Å²) >= 11 is 0. The van der Waals surface area contributed by atoms with Crippen molar-refractivity contribution < 1.29 is 19.0 Å². The summed E-state index contributed by atoms with van der Waals surface area (Å²) in [5.74, 6) is -0.595. The number of halogens is 1. The second kappa shape index (κ2) is 5.27. The topological polar surface area (TPSA) is 38.7 Å². The maximum absolute atomic E-state index is 13.2. The van der Waals surface area contributed by atoms with Gasteiger partial charge in [-0.15, -0.1) is 0 Å². The Morgan fingerprint density at radius 3 is 2.44 bits per heavy atom. The quantitative estimate of drug-likeness (QED) is 0.841. The van der Waals surface area contributed by atoms with Gasteiger partial charge in [0.1, 0.15) is 17.2 Å². The minimum absolute atomic E-state index is 0.110. The Labute approximate surface area is 94.8 Å². The Morgan fingerprint density at radius 2 is 2.00 bits per heavy atom. The first-order valence-electron chi connectivity index (χ1n) is 5.12. The largest absolute Gasteiger partial charge is 0.508 e. The Hall–Kier alpha value is -1.13. The number of phenolic OH excluding ortho intramolecular Hbond substituents is 1. The predicted molar refractivity (Wildman–Crippen MR) is 58.9 cm³/mol. The molecule has 1 N–H and O–H groups in total. The molecule has 0 aliphatic heterocycles. The molecule has 4 heteroatoms. The highest BCUT2D eigenvalue weighted by atomic mass is 19.1. The normalized spacial score (nSPS) is 14.8. The Morgan fingerprint density at radius 1 is 1.31 bits per heavy atom. The van der Waals surface area contributed by atoms with Gasteiger partial charge in [0.05, 0.1) is 6.61 Å². The van der Waals surface area contributed by atoms with E-state index in [2.05, 4.69) is 0 Å². The first kappa shape index (κ1) is 12.9. The van der Waals surface area contributed by atoms with E-state index in [1.165, 1.54) is 12.1 Å². The van der Waals surface area contributed by atoms with Gasteiger partial charge in [0.2, 0.25) is 0 Å². The minimum Gasteiger partial charge on any atom is -0.508 e. The van der Waals surface area contributed by atoms with Crippen molar-refractivity contribution in [1.82, 2.24) is 0 Å². The summed E-state index contributed by atoms with van der Waals surface area (Å²) in [4.78, 5) is 0. The average molecular weight is 228 g/mol. The van der Waals surface area contributed by atoms with Crippen LogP contribution in [0.15, 0.2) is 18.2 Å². The van der Waals surface area contributed by atoms with Gasteiger partial charge in [-0.25, -0.2) is 4.39 Å². The van der Waals surface area contributed by atoms with Gasteiger partial charge in [-0.3, -0.25) is 0 Å². The van der Waals surface area contributed by atoms with Crippen molar-refractivity contribution in [2.45, 2.75) is 18.9 Å². The maximum Gasteiger partial charge on any atom is 0.127 e. The molecule has 0 saturated carbocycles. The molecule has 0 amide bonds. The van der Waals surface area contributed by atoms with Crippen LogP contribution in [0.2, 0.25) is 0 Å². The van der Waals surface area contributed by atoms with Gasteiger partial charge in [-0.1, -0.05) is 6.92 Å². The summed E-state index contributed by atoms with van der Waals surface area (Å²) in [6.45, 7) is 2.23. The van der Waals surface area contributed by atoms with E-state index >= 15 is 0 Å². The zero-order valence-electron chi connectivity index (χ0n) is 9.79. The van der Waals surface area contributed by atoms with Crippen molar-refractivity contribution >= 4 is 0 Å². The molecular formula is C12H17FO3. The lowest BCUT2D eigenvalue weighted by atomic mass is 9.91. The molecule has 0 aliphatic carbocycles. The summed E-state index contributed by atoms with van der Waals surface area (Å²) in [6, 6.07) is 3.91. The van der Waals surface area contributed by atoms with Gasteiger partial charge in [0.15, 0.2) is 0 Å². The average Bonchev–Trinajstić information content (AvgIpc) is 2.24. The summed E-state index contributed by atoms with van der Waals surface area (Å²) in [5, 5.41) is 9.38. The molecule has 0 aromatic heterocycles. The van der Waals surface area contributed by atoms with Crippen molar-refractivity contribution in [2.75, 3.05) is 20.8 Å². The van der Waals surface area contributed by atoms with Crippen molar-refractivity contribution in [3.63, 3.8) is 0 Å². The first-order chi connectivity index (χ1) is 7.57. The van der Waals surface area contributed by atoms with E-state index in [1.807, 2.05) is 6.92 Å². The summed E-state index contributed by atoms with van der Waals surface area (Å²) in [6.07, 6.45) is 0.625.